The van der Waals surface area contributed by atoms with Crippen molar-refractivity contribution in [2.24, 2.45) is 10.7 Å². The summed E-state index contributed by atoms with van der Waals surface area (Å²) in [5.41, 5.74) is 8.85. The van der Waals surface area contributed by atoms with Crippen LogP contribution in [0.25, 0.3) is 0 Å². The fourth-order valence-corrected chi connectivity index (χ4v) is 3.75. The molecule has 0 aliphatic carbocycles. The molecule has 35 heavy (non-hydrogen) atoms. The maximum atomic E-state index is 12.5. The molecule has 2 rings (SSSR count). The minimum absolute atomic E-state index is 0.0280. The highest BCUT2D eigenvalue weighted by atomic mass is 19.4. The molecule has 12 heteroatoms. The summed E-state index contributed by atoms with van der Waals surface area (Å²) in [7, 11) is 0. The molecule has 9 nitrogen and oxygen atoms in total. The summed E-state index contributed by atoms with van der Waals surface area (Å²) in [6, 6.07) is 3.25. The zero-order chi connectivity index (χ0) is 26.5. The lowest BCUT2D eigenvalue weighted by molar-refractivity contribution is -0.201. The van der Waals surface area contributed by atoms with E-state index in [0.29, 0.717) is 31.9 Å². The Hall–Kier alpha value is -2.86. The summed E-state index contributed by atoms with van der Waals surface area (Å²) >= 11 is 0. The standard InChI is InChI=1S/C23H34F3N5O4/c1-13(2)34-22(33)31-7-6-30(11-15(31)4)12-17-8-14(3)9-18(16(17)5)29-21(28)35-20(27)10-19(32)23(24,25)26/h8-9,13,15,19,27,32H,6-7,10-12H2,1-5H3,(H2,28,29)/t15-,19+/m0/s1. The number of nitrogens with one attached hydrogen (secondary N) is 1. The van der Waals surface area contributed by atoms with E-state index in [-0.39, 0.29) is 18.2 Å². The zero-order valence-electron chi connectivity index (χ0n) is 20.6. The maximum absolute atomic E-state index is 12.5. The van der Waals surface area contributed by atoms with Crippen molar-refractivity contribution in [1.82, 2.24) is 9.80 Å². The van der Waals surface area contributed by atoms with Crippen LogP contribution in [0, 0.1) is 19.3 Å². The van der Waals surface area contributed by atoms with Crippen molar-refractivity contribution in [3.63, 3.8) is 0 Å². The first-order valence-electron chi connectivity index (χ1n) is 11.3. The van der Waals surface area contributed by atoms with Gasteiger partial charge < -0.3 is 25.2 Å². The number of aliphatic hydroxyl groups excluding tert-OH is 1. The Morgan fingerprint density at radius 1 is 1.31 bits per heavy atom. The Labute approximate surface area is 203 Å². The number of hydrogen-bond donors (Lipinski definition) is 3. The van der Waals surface area contributed by atoms with Crippen LogP contribution in [0.1, 0.15) is 43.9 Å². The number of piperazine rings is 1. The summed E-state index contributed by atoms with van der Waals surface area (Å²) < 4.78 is 47.6. The summed E-state index contributed by atoms with van der Waals surface area (Å²) in [6.07, 6.45) is -9.14. The van der Waals surface area contributed by atoms with E-state index in [1.165, 1.54) is 0 Å². The Kier molecular flexibility index (Phi) is 9.50. The van der Waals surface area contributed by atoms with Crippen LogP contribution < -0.4 is 5.73 Å². The van der Waals surface area contributed by atoms with Crippen LogP contribution in [0.15, 0.2) is 17.1 Å². The number of amidine groups is 1. The number of alkyl halides is 3. The van der Waals surface area contributed by atoms with Crippen molar-refractivity contribution in [2.45, 2.75) is 72.0 Å². The van der Waals surface area contributed by atoms with Gasteiger partial charge in [-0.05, 0) is 57.4 Å². The van der Waals surface area contributed by atoms with Crippen molar-refractivity contribution >= 4 is 23.7 Å². The van der Waals surface area contributed by atoms with E-state index in [4.69, 9.17) is 25.7 Å². The molecule has 1 saturated heterocycles. The second-order valence-corrected chi connectivity index (χ2v) is 9.02. The van der Waals surface area contributed by atoms with Gasteiger partial charge in [0.25, 0.3) is 6.02 Å². The monoisotopic (exact) mass is 501 g/mol. The van der Waals surface area contributed by atoms with E-state index in [0.717, 1.165) is 16.7 Å². The summed E-state index contributed by atoms with van der Waals surface area (Å²) in [4.78, 5) is 20.4. The largest absolute Gasteiger partial charge is 0.447 e. The Bertz CT molecular complexity index is 952. The number of benzene rings is 1. The van der Waals surface area contributed by atoms with Crippen molar-refractivity contribution in [3.8, 4) is 0 Å². The van der Waals surface area contributed by atoms with Crippen LogP contribution >= 0.6 is 0 Å². The average molecular weight is 502 g/mol. The lowest BCUT2D eigenvalue weighted by atomic mass is 10.0. The second kappa shape index (κ2) is 11.7. The average Bonchev–Trinajstić information content (AvgIpc) is 2.69. The number of aliphatic imine (C=N–C) groups is 1. The van der Waals surface area contributed by atoms with Crippen LogP contribution in [0.2, 0.25) is 0 Å². The molecule has 1 heterocycles. The molecule has 1 aromatic carbocycles. The first kappa shape index (κ1) is 28.4. The third kappa shape index (κ3) is 8.39. The highest BCUT2D eigenvalue weighted by Gasteiger charge is 2.39. The first-order chi connectivity index (χ1) is 16.2. The van der Waals surface area contributed by atoms with E-state index in [9.17, 15) is 18.0 Å². The summed E-state index contributed by atoms with van der Waals surface area (Å²) in [5, 5.41) is 16.6. The minimum Gasteiger partial charge on any atom is -0.447 e. The van der Waals surface area contributed by atoms with Gasteiger partial charge >= 0.3 is 12.3 Å². The Morgan fingerprint density at radius 3 is 2.54 bits per heavy atom. The predicted octanol–water partition coefficient (Wildman–Crippen LogP) is 3.61. The highest BCUT2D eigenvalue weighted by molar-refractivity contribution is 5.89. The number of amides is 1. The fourth-order valence-electron chi connectivity index (χ4n) is 3.75. The van der Waals surface area contributed by atoms with Crippen molar-refractivity contribution in [2.75, 3.05) is 19.6 Å². The maximum Gasteiger partial charge on any atom is 0.414 e. The van der Waals surface area contributed by atoms with Gasteiger partial charge in [-0.2, -0.15) is 18.2 Å². The molecule has 4 N–H and O–H groups in total. The lowest BCUT2D eigenvalue weighted by Crippen LogP contribution is -2.54. The van der Waals surface area contributed by atoms with Crippen molar-refractivity contribution < 1.29 is 32.5 Å². The molecule has 2 atom stereocenters. The van der Waals surface area contributed by atoms with E-state index in [1.807, 2.05) is 40.7 Å². The number of hydrogen-bond acceptors (Lipinski definition) is 7. The molecule has 1 aliphatic rings. The molecule has 1 aliphatic heterocycles. The number of aliphatic hydroxyl groups is 1. The minimum atomic E-state index is -4.86. The van der Waals surface area contributed by atoms with Gasteiger partial charge in [-0.3, -0.25) is 10.3 Å². The molecule has 1 amide bonds. The zero-order valence-corrected chi connectivity index (χ0v) is 20.6. The van der Waals surface area contributed by atoms with Crippen LogP contribution in [-0.2, 0) is 16.0 Å². The molecule has 0 unspecified atom stereocenters. The summed E-state index contributed by atoms with van der Waals surface area (Å²) in [5.74, 6) is -0.843. The van der Waals surface area contributed by atoms with Gasteiger partial charge in [0.2, 0.25) is 0 Å². The first-order valence-corrected chi connectivity index (χ1v) is 11.3. The van der Waals surface area contributed by atoms with E-state index in [1.54, 1.807) is 11.0 Å². The highest BCUT2D eigenvalue weighted by Crippen LogP contribution is 2.27. The number of carbonyl (C=O) groups is 1. The molecule has 1 aromatic rings. The SMILES string of the molecule is Cc1cc(CN2CCN(C(=O)OC(C)C)[C@@H](C)C2)c(C)c(N=C(N)OC(=N)C[C@@H](O)C(F)(F)F)c1. The number of aryl methyl sites for hydroxylation is 1. The Morgan fingerprint density at radius 2 is 1.97 bits per heavy atom. The van der Waals surface area contributed by atoms with Crippen LogP contribution in [-0.4, -0.2) is 77.0 Å². The van der Waals surface area contributed by atoms with Crippen LogP contribution in [0.4, 0.5) is 23.7 Å². The molecule has 0 spiro atoms. The molecular weight excluding hydrogens is 467 g/mol. The van der Waals surface area contributed by atoms with Gasteiger partial charge in [0.1, 0.15) is 0 Å². The molecule has 0 saturated carbocycles. The van der Waals surface area contributed by atoms with Crippen LogP contribution in [0.3, 0.4) is 0 Å². The number of nitrogens with zero attached hydrogens (tertiary/aromatic N) is 3. The number of nitrogens with two attached hydrogens (primary N) is 1. The Balaban J connectivity index is 2.08. The number of halogens is 3. The van der Waals surface area contributed by atoms with Crippen molar-refractivity contribution in [1.29, 1.82) is 5.41 Å². The number of rotatable bonds is 6. The molecule has 1 fully saturated rings. The molecule has 0 bridgehead atoms. The normalized spacial score (nSPS) is 18.5. The van der Waals surface area contributed by atoms with Gasteiger partial charge in [-0.15, -0.1) is 0 Å². The molecule has 196 valence electrons. The van der Waals surface area contributed by atoms with Crippen molar-refractivity contribution in [3.05, 3.63) is 28.8 Å². The molecular formula is C23H34F3N5O4. The van der Waals surface area contributed by atoms with E-state index < -0.39 is 30.6 Å². The lowest BCUT2D eigenvalue weighted by Gasteiger charge is -2.39. The third-order valence-corrected chi connectivity index (χ3v) is 5.52. The smallest absolute Gasteiger partial charge is 0.414 e. The number of carbonyl (C=O) groups excluding carboxylic acids is 1. The van der Waals surface area contributed by atoms with Gasteiger partial charge in [-0.1, -0.05) is 6.07 Å². The molecule has 0 aromatic heterocycles. The quantitative estimate of drug-likeness (QED) is 0.404. The van der Waals surface area contributed by atoms with Crippen LogP contribution in [0.5, 0.6) is 0 Å². The fraction of sp³-hybridized carbons (Fsp3) is 0.609. The second-order valence-electron chi connectivity index (χ2n) is 9.02. The predicted molar refractivity (Wildman–Crippen MR) is 126 cm³/mol. The van der Waals surface area contributed by atoms with E-state index in [2.05, 4.69) is 9.89 Å². The summed E-state index contributed by atoms with van der Waals surface area (Å²) in [6.45, 7) is 11.8. The molecule has 0 radical (unpaired) electrons. The number of ether oxygens (including phenoxy) is 2. The van der Waals surface area contributed by atoms with Gasteiger partial charge in [0, 0.05) is 32.2 Å². The third-order valence-electron chi connectivity index (χ3n) is 5.52. The topological polar surface area (TPSA) is 124 Å². The van der Waals surface area contributed by atoms with Gasteiger partial charge in [0.05, 0.1) is 18.2 Å². The van der Waals surface area contributed by atoms with Gasteiger partial charge in [0.15, 0.2) is 12.0 Å². The van der Waals surface area contributed by atoms with Gasteiger partial charge in [-0.25, -0.2) is 4.79 Å². The van der Waals surface area contributed by atoms with E-state index >= 15 is 0 Å².